The summed E-state index contributed by atoms with van der Waals surface area (Å²) in [6.45, 7) is 0. The van der Waals surface area contributed by atoms with Gasteiger partial charge in [-0.2, -0.15) is 0 Å². The van der Waals surface area contributed by atoms with Crippen molar-refractivity contribution in [2.45, 2.75) is 0 Å². The number of nitrogens with zero attached hydrogens (tertiary/aromatic N) is 1. The maximum Gasteiger partial charge on any atom is 0.0547 e. The number of para-hydroxylation sites is 4. The highest BCUT2D eigenvalue weighted by atomic mass is 15.0. The van der Waals surface area contributed by atoms with Crippen LogP contribution in [-0.4, -0.2) is 4.57 Å². The molecule has 0 amide bonds. The zero-order valence-corrected chi connectivity index (χ0v) is 24.0. The van der Waals surface area contributed by atoms with E-state index in [4.69, 9.17) is 0 Å². The van der Waals surface area contributed by atoms with Crippen molar-refractivity contribution >= 4 is 33.2 Å². The monoisotopic (exact) mass is 560 g/mol. The molecule has 0 saturated heterocycles. The topological polar surface area (TPSA) is 17.0 Å². The van der Waals surface area contributed by atoms with Gasteiger partial charge in [-0.3, -0.25) is 0 Å². The van der Waals surface area contributed by atoms with Crippen LogP contribution in [0.2, 0.25) is 0 Å². The van der Waals surface area contributed by atoms with Crippen LogP contribution in [0.5, 0.6) is 0 Å². The summed E-state index contributed by atoms with van der Waals surface area (Å²) in [6.07, 6.45) is 0. The molecule has 1 aromatic heterocycles. The van der Waals surface area contributed by atoms with Crippen molar-refractivity contribution in [1.82, 2.24) is 4.57 Å². The van der Waals surface area contributed by atoms with Gasteiger partial charge in [0, 0.05) is 39.0 Å². The Morgan fingerprint density at radius 1 is 0.341 bits per heavy atom. The summed E-state index contributed by atoms with van der Waals surface area (Å²) in [6, 6.07) is 59.4. The summed E-state index contributed by atoms with van der Waals surface area (Å²) in [5.74, 6) is 0. The average molecular weight is 561 g/mol. The highest BCUT2D eigenvalue weighted by Crippen LogP contribution is 2.46. The third-order valence-electron chi connectivity index (χ3n) is 8.96. The van der Waals surface area contributed by atoms with Crippen molar-refractivity contribution in [2.75, 3.05) is 5.32 Å². The third-order valence-corrected chi connectivity index (χ3v) is 8.96. The first-order chi connectivity index (χ1) is 21.8. The van der Waals surface area contributed by atoms with Gasteiger partial charge in [0.15, 0.2) is 0 Å². The highest BCUT2D eigenvalue weighted by Gasteiger charge is 2.20. The molecule has 0 saturated carbocycles. The molecule has 2 heterocycles. The number of benzene rings is 7. The molecule has 0 spiro atoms. The Bertz CT molecular complexity index is 2360. The summed E-state index contributed by atoms with van der Waals surface area (Å²) in [7, 11) is 0. The number of nitrogens with one attached hydrogen (secondary N) is 1. The Morgan fingerprint density at radius 2 is 0.909 bits per heavy atom. The zero-order valence-electron chi connectivity index (χ0n) is 24.0. The van der Waals surface area contributed by atoms with Gasteiger partial charge in [-0.25, -0.2) is 0 Å². The Morgan fingerprint density at radius 3 is 1.73 bits per heavy atom. The minimum atomic E-state index is 1.10. The van der Waals surface area contributed by atoms with Gasteiger partial charge in [0.1, 0.15) is 0 Å². The smallest absolute Gasteiger partial charge is 0.0547 e. The molecule has 206 valence electrons. The minimum absolute atomic E-state index is 1.10. The molecule has 0 radical (unpaired) electrons. The molecule has 44 heavy (non-hydrogen) atoms. The molecular formula is C42H28N2. The summed E-state index contributed by atoms with van der Waals surface area (Å²) < 4.78 is 2.40. The summed E-state index contributed by atoms with van der Waals surface area (Å²) in [4.78, 5) is 0. The minimum Gasteiger partial charge on any atom is -0.355 e. The lowest BCUT2D eigenvalue weighted by Crippen LogP contribution is -1.99. The number of aromatic nitrogens is 1. The molecule has 1 N–H and O–H groups in total. The first kappa shape index (κ1) is 24.7. The number of fused-ring (bicyclic) bond motifs is 11. The molecule has 1 aliphatic heterocycles. The number of hydrogen-bond acceptors (Lipinski definition) is 1. The van der Waals surface area contributed by atoms with Crippen LogP contribution >= 0.6 is 0 Å². The van der Waals surface area contributed by atoms with E-state index in [1.54, 1.807) is 0 Å². The second-order valence-electron chi connectivity index (χ2n) is 11.4. The highest BCUT2D eigenvalue weighted by molar-refractivity contribution is 6.11. The molecule has 2 heteroatoms. The first-order valence-electron chi connectivity index (χ1n) is 15.1. The zero-order chi connectivity index (χ0) is 29.0. The van der Waals surface area contributed by atoms with Crippen LogP contribution < -0.4 is 5.32 Å². The lowest BCUT2D eigenvalue weighted by molar-refractivity contribution is 1.18. The molecule has 0 unspecified atom stereocenters. The molecule has 9 rings (SSSR count). The molecule has 0 fully saturated rings. The van der Waals surface area contributed by atoms with Crippen LogP contribution in [0.15, 0.2) is 164 Å². The van der Waals surface area contributed by atoms with Crippen LogP contribution in [0.3, 0.4) is 0 Å². The number of anilines is 2. The quantitative estimate of drug-likeness (QED) is 0.222. The van der Waals surface area contributed by atoms with Gasteiger partial charge >= 0.3 is 0 Å². The van der Waals surface area contributed by atoms with Gasteiger partial charge in [0.25, 0.3) is 0 Å². The summed E-state index contributed by atoms with van der Waals surface area (Å²) >= 11 is 0. The SMILES string of the molecule is c1ccc(-n2c3ccccc3c3ccc(-c4ccc5cc4-c4ccccc4-c4ccccc4Nc4ccccc4-5)cc32)cc1. The van der Waals surface area contributed by atoms with Gasteiger partial charge in [0.2, 0.25) is 0 Å². The Kier molecular flexibility index (Phi) is 5.54. The molecule has 0 aliphatic carbocycles. The maximum absolute atomic E-state index is 3.76. The second-order valence-corrected chi connectivity index (χ2v) is 11.4. The van der Waals surface area contributed by atoms with Crippen LogP contribution in [0.4, 0.5) is 11.4 Å². The van der Waals surface area contributed by atoms with E-state index in [1.807, 2.05) is 0 Å². The fourth-order valence-corrected chi connectivity index (χ4v) is 6.95. The Hall–Kier alpha value is -5.86. The molecule has 7 aromatic carbocycles. The lowest BCUT2D eigenvalue weighted by Gasteiger charge is -2.22. The second kappa shape index (κ2) is 9.86. The summed E-state index contributed by atoms with van der Waals surface area (Å²) in [5, 5.41) is 6.28. The molecule has 8 aromatic rings. The van der Waals surface area contributed by atoms with Crippen molar-refractivity contribution in [3.63, 3.8) is 0 Å². The molecule has 0 atom stereocenters. The van der Waals surface area contributed by atoms with E-state index in [0.29, 0.717) is 0 Å². The lowest BCUT2D eigenvalue weighted by atomic mass is 9.86. The van der Waals surface area contributed by atoms with Crippen molar-refractivity contribution < 1.29 is 0 Å². The van der Waals surface area contributed by atoms with E-state index in [1.165, 1.54) is 72.0 Å². The normalized spacial score (nSPS) is 11.8. The van der Waals surface area contributed by atoms with Crippen LogP contribution in [0, 0.1) is 0 Å². The van der Waals surface area contributed by atoms with Crippen LogP contribution in [0.1, 0.15) is 0 Å². The number of hydrogen-bond donors (Lipinski definition) is 1. The predicted molar refractivity (Wildman–Crippen MR) is 186 cm³/mol. The van der Waals surface area contributed by atoms with E-state index in [2.05, 4.69) is 174 Å². The first-order valence-corrected chi connectivity index (χ1v) is 15.1. The van der Waals surface area contributed by atoms with E-state index in [-0.39, 0.29) is 0 Å². The summed E-state index contributed by atoms with van der Waals surface area (Å²) in [5.41, 5.74) is 15.5. The van der Waals surface area contributed by atoms with Gasteiger partial charge in [-0.15, -0.1) is 0 Å². The van der Waals surface area contributed by atoms with Gasteiger partial charge in [0.05, 0.1) is 11.0 Å². The fourth-order valence-electron chi connectivity index (χ4n) is 6.95. The van der Waals surface area contributed by atoms with E-state index >= 15 is 0 Å². The van der Waals surface area contributed by atoms with Gasteiger partial charge in [-0.05, 0) is 75.8 Å². The maximum atomic E-state index is 3.76. The average Bonchev–Trinajstić information content (AvgIpc) is 3.42. The predicted octanol–water partition coefficient (Wildman–Crippen LogP) is 11.5. The van der Waals surface area contributed by atoms with Crippen LogP contribution in [0.25, 0.3) is 72.0 Å². The van der Waals surface area contributed by atoms with Crippen molar-refractivity contribution in [1.29, 1.82) is 0 Å². The molecular weight excluding hydrogens is 532 g/mol. The molecule has 2 bridgehead atoms. The van der Waals surface area contributed by atoms with Crippen molar-refractivity contribution in [2.24, 2.45) is 0 Å². The van der Waals surface area contributed by atoms with Crippen molar-refractivity contribution in [3.05, 3.63) is 164 Å². The molecule has 2 nitrogen and oxygen atoms in total. The Labute approximate surface area is 256 Å². The van der Waals surface area contributed by atoms with E-state index in [9.17, 15) is 0 Å². The standard InChI is InChI=1S/C42H28N2/c1-2-12-30(13-3-1)44-41-21-11-8-18-36(41)37-25-23-29(27-42(37)44)31-24-22-28-26-38(31)34-16-5-4-15-33(34)35-17-7-10-20-40(35)43-39-19-9-6-14-32(28)39/h1-27,43H. The van der Waals surface area contributed by atoms with Gasteiger partial charge in [-0.1, -0.05) is 121 Å². The van der Waals surface area contributed by atoms with Gasteiger partial charge < -0.3 is 9.88 Å². The third kappa shape index (κ3) is 3.82. The van der Waals surface area contributed by atoms with Crippen LogP contribution in [-0.2, 0) is 0 Å². The fraction of sp³-hybridized carbons (Fsp3) is 0. The number of rotatable bonds is 2. The largest absolute Gasteiger partial charge is 0.355 e. The van der Waals surface area contributed by atoms with E-state index in [0.717, 1.165) is 11.4 Å². The van der Waals surface area contributed by atoms with Crippen molar-refractivity contribution in [3.8, 4) is 50.2 Å². The Balaban J connectivity index is 1.35. The van der Waals surface area contributed by atoms with E-state index < -0.39 is 0 Å². The molecule has 1 aliphatic rings.